The minimum Gasteiger partial charge on any atom is -0.324 e. The predicted molar refractivity (Wildman–Crippen MR) is 79.6 cm³/mol. The topological polar surface area (TPSA) is 43.8 Å². The first-order chi connectivity index (χ1) is 9.08. The number of aromatic nitrogens is 2. The molecular weight excluding hydrogens is 234 g/mol. The third-order valence-electron chi connectivity index (χ3n) is 3.80. The Bertz CT molecular complexity index is 552. The van der Waals surface area contributed by atoms with Crippen LogP contribution in [-0.4, -0.2) is 9.78 Å². The Morgan fingerprint density at radius 1 is 1.16 bits per heavy atom. The lowest BCUT2D eigenvalue weighted by molar-refractivity contribution is 0.698. The fourth-order valence-electron chi connectivity index (χ4n) is 2.54. The average molecular weight is 257 g/mol. The van der Waals surface area contributed by atoms with Gasteiger partial charge in [0, 0.05) is 11.7 Å². The van der Waals surface area contributed by atoms with Gasteiger partial charge in [0.15, 0.2) is 0 Å². The molecule has 0 aliphatic heterocycles. The van der Waals surface area contributed by atoms with Crippen molar-refractivity contribution >= 4 is 0 Å². The number of hydrogen-bond donors (Lipinski definition) is 1. The van der Waals surface area contributed by atoms with Gasteiger partial charge in [-0.2, -0.15) is 5.10 Å². The SMILES string of the molecule is CCc1c(C)nn(-c2ccc([C@@H](N)CC)cc2)c1C. The highest BCUT2D eigenvalue weighted by atomic mass is 15.3. The first-order valence-electron chi connectivity index (χ1n) is 6.99. The molecule has 2 rings (SSSR count). The van der Waals surface area contributed by atoms with Crippen LogP contribution in [0.25, 0.3) is 5.69 Å². The van der Waals surface area contributed by atoms with Gasteiger partial charge in [0.2, 0.25) is 0 Å². The normalized spacial score (nSPS) is 12.7. The standard InChI is InChI=1S/C16H23N3/c1-5-15-11(3)18-19(12(15)4)14-9-7-13(8-10-14)16(17)6-2/h7-10,16H,5-6,17H2,1-4H3/t16-/m0/s1. The molecule has 19 heavy (non-hydrogen) atoms. The van der Waals surface area contributed by atoms with Crippen LogP contribution in [0.2, 0.25) is 0 Å². The highest BCUT2D eigenvalue weighted by Gasteiger charge is 2.11. The van der Waals surface area contributed by atoms with Crippen LogP contribution in [0.5, 0.6) is 0 Å². The van der Waals surface area contributed by atoms with Crippen LogP contribution < -0.4 is 5.73 Å². The Labute approximate surface area is 115 Å². The van der Waals surface area contributed by atoms with Crippen LogP contribution in [-0.2, 0) is 6.42 Å². The number of rotatable bonds is 4. The Balaban J connectivity index is 2.37. The largest absolute Gasteiger partial charge is 0.324 e. The van der Waals surface area contributed by atoms with Crippen molar-refractivity contribution < 1.29 is 0 Å². The zero-order chi connectivity index (χ0) is 14.0. The summed E-state index contributed by atoms with van der Waals surface area (Å²) in [5, 5.41) is 4.63. The molecule has 3 nitrogen and oxygen atoms in total. The van der Waals surface area contributed by atoms with Gasteiger partial charge in [-0.15, -0.1) is 0 Å². The minimum absolute atomic E-state index is 0.126. The fourth-order valence-corrected chi connectivity index (χ4v) is 2.54. The number of nitrogens with two attached hydrogens (primary N) is 1. The molecule has 3 heteroatoms. The van der Waals surface area contributed by atoms with Gasteiger partial charge in [-0.05, 0) is 49.9 Å². The molecule has 1 aromatic heterocycles. The Morgan fingerprint density at radius 3 is 2.26 bits per heavy atom. The molecule has 1 atom stereocenters. The molecule has 0 radical (unpaired) electrons. The van der Waals surface area contributed by atoms with E-state index in [1.54, 1.807) is 0 Å². The third kappa shape index (κ3) is 2.56. The van der Waals surface area contributed by atoms with E-state index in [0.29, 0.717) is 0 Å². The molecule has 0 bridgehead atoms. The number of aryl methyl sites for hydroxylation is 1. The maximum absolute atomic E-state index is 6.04. The van der Waals surface area contributed by atoms with Gasteiger partial charge in [0.25, 0.3) is 0 Å². The molecule has 0 saturated carbocycles. The van der Waals surface area contributed by atoms with Crippen molar-refractivity contribution in [2.75, 3.05) is 0 Å². The summed E-state index contributed by atoms with van der Waals surface area (Å²) < 4.78 is 2.02. The van der Waals surface area contributed by atoms with Gasteiger partial charge >= 0.3 is 0 Å². The summed E-state index contributed by atoms with van der Waals surface area (Å²) in [4.78, 5) is 0. The highest BCUT2D eigenvalue weighted by Crippen LogP contribution is 2.20. The van der Waals surface area contributed by atoms with Gasteiger partial charge in [-0.3, -0.25) is 0 Å². The van der Waals surface area contributed by atoms with Crippen molar-refractivity contribution in [1.29, 1.82) is 0 Å². The summed E-state index contributed by atoms with van der Waals surface area (Å²) in [6.07, 6.45) is 1.98. The Morgan fingerprint density at radius 2 is 1.79 bits per heavy atom. The van der Waals surface area contributed by atoms with E-state index in [0.717, 1.165) is 24.2 Å². The summed E-state index contributed by atoms with van der Waals surface area (Å²) in [6.45, 7) is 8.48. The maximum Gasteiger partial charge on any atom is 0.0649 e. The zero-order valence-electron chi connectivity index (χ0n) is 12.3. The molecule has 0 amide bonds. The summed E-state index contributed by atoms with van der Waals surface area (Å²) in [6, 6.07) is 8.53. The van der Waals surface area contributed by atoms with E-state index in [4.69, 9.17) is 5.73 Å². The van der Waals surface area contributed by atoms with Crippen LogP contribution in [0.3, 0.4) is 0 Å². The Kier molecular flexibility index (Phi) is 4.05. The van der Waals surface area contributed by atoms with E-state index in [9.17, 15) is 0 Å². The van der Waals surface area contributed by atoms with Crippen LogP contribution in [0.15, 0.2) is 24.3 Å². The van der Waals surface area contributed by atoms with E-state index < -0.39 is 0 Å². The first kappa shape index (κ1) is 13.8. The summed E-state index contributed by atoms with van der Waals surface area (Å²) >= 11 is 0. The van der Waals surface area contributed by atoms with E-state index in [1.165, 1.54) is 16.8 Å². The third-order valence-corrected chi connectivity index (χ3v) is 3.80. The minimum atomic E-state index is 0.126. The van der Waals surface area contributed by atoms with Crippen molar-refractivity contribution in [2.45, 2.75) is 46.6 Å². The highest BCUT2D eigenvalue weighted by molar-refractivity contribution is 5.39. The lowest BCUT2D eigenvalue weighted by Gasteiger charge is -2.11. The molecule has 2 N–H and O–H groups in total. The Hall–Kier alpha value is -1.61. The van der Waals surface area contributed by atoms with Crippen LogP contribution in [0, 0.1) is 13.8 Å². The number of benzene rings is 1. The quantitative estimate of drug-likeness (QED) is 0.911. The smallest absolute Gasteiger partial charge is 0.0649 e. The summed E-state index contributed by atoms with van der Waals surface area (Å²) in [5.41, 5.74) is 12.0. The second-order valence-corrected chi connectivity index (χ2v) is 5.02. The molecule has 1 heterocycles. The molecule has 0 spiro atoms. The molecule has 0 aliphatic rings. The van der Waals surface area contributed by atoms with E-state index in [1.807, 2.05) is 4.68 Å². The van der Waals surface area contributed by atoms with Crippen molar-refractivity contribution in [2.24, 2.45) is 5.73 Å². The van der Waals surface area contributed by atoms with Gasteiger partial charge in [0.05, 0.1) is 11.4 Å². The predicted octanol–water partition coefficient (Wildman–Crippen LogP) is 3.46. The summed E-state index contributed by atoms with van der Waals surface area (Å²) in [7, 11) is 0. The van der Waals surface area contributed by atoms with E-state index in [-0.39, 0.29) is 6.04 Å². The average Bonchev–Trinajstić information content (AvgIpc) is 2.72. The lowest BCUT2D eigenvalue weighted by Crippen LogP contribution is -2.08. The lowest BCUT2D eigenvalue weighted by atomic mass is 10.1. The first-order valence-corrected chi connectivity index (χ1v) is 6.99. The van der Waals surface area contributed by atoms with Crippen LogP contribution in [0.1, 0.15) is 48.8 Å². The van der Waals surface area contributed by atoms with Crippen molar-refractivity contribution in [3.8, 4) is 5.69 Å². The van der Waals surface area contributed by atoms with Crippen LogP contribution in [0.4, 0.5) is 0 Å². The van der Waals surface area contributed by atoms with E-state index >= 15 is 0 Å². The van der Waals surface area contributed by atoms with Crippen molar-refractivity contribution in [3.05, 3.63) is 46.8 Å². The zero-order valence-corrected chi connectivity index (χ0v) is 12.3. The fraction of sp³-hybridized carbons (Fsp3) is 0.438. The molecule has 0 unspecified atom stereocenters. The molecule has 0 fully saturated rings. The van der Waals surface area contributed by atoms with E-state index in [2.05, 4.69) is 57.1 Å². The summed E-state index contributed by atoms with van der Waals surface area (Å²) in [5.74, 6) is 0. The molecular formula is C16H23N3. The van der Waals surface area contributed by atoms with Crippen LogP contribution >= 0.6 is 0 Å². The monoisotopic (exact) mass is 257 g/mol. The maximum atomic E-state index is 6.04. The second-order valence-electron chi connectivity index (χ2n) is 5.02. The molecule has 102 valence electrons. The second kappa shape index (κ2) is 5.57. The number of hydrogen-bond acceptors (Lipinski definition) is 2. The van der Waals surface area contributed by atoms with Gasteiger partial charge in [-0.25, -0.2) is 4.68 Å². The molecule has 0 aliphatic carbocycles. The molecule has 2 aromatic rings. The van der Waals surface area contributed by atoms with Gasteiger partial charge < -0.3 is 5.73 Å². The molecule has 1 aromatic carbocycles. The van der Waals surface area contributed by atoms with Crippen molar-refractivity contribution in [1.82, 2.24) is 9.78 Å². The molecule has 0 saturated heterocycles. The number of nitrogens with zero attached hydrogens (tertiary/aromatic N) is 2. The van der Waals surface area contributed by atoms with Gasteiger partial charge in [0.1, 0.15) is 0 Å². The van der Waals surface area contributed by atoms with Gasteiger partial charge in [-0.1, -0.05) is 26.0 Å². The van der Waals surface area contributed by atoms with Crippen molar-refractivity contribution in [3.63, 3.8) is 0 Å².